The number of hydrogen-bond acceptors (Lipinski definition) is 6. The van der Waals surface area contributed by atoms with Crippen molar-refractivity contribution in [3.8, 4) is 5.69 Å². The molecule has 1 amide bonds. The van der Waals surface area contributed by atoms with Gasteiger partial charge in [0.05, 0.1) is 11.1 Å². The number of aryl methyl sites for hydroxylation is 1. The topological polar surface area (TPSA) is 88.0 Å². The molecule has 3 heterocycles. The zero-order valence-corrected chi connectivity index (χ0v) is 17.9. The number of aromatic nitrogens is 4. The van der Waals surface area contributed by atoms with Gasteiger partial charge < -0.3 is 15.5 Å². The van der Waals surface area contributed by atoms with Crippen molar-refractivity contribution in [2.75, 3.05) is 24.5 Å². The van der Waals surface area contributed by atoms with E-state index in [1.54, 1.807) is 0 Å². The van der Waals surface area contributed by atoms with Gasteiger partial charge in [0.2, 0.25) is 5.91 Å². The van der Waals surface area contributed by atoms with Gasteiger partial charge in [-0.3, -0.25) is 4.79 Å². The molecular formula is C24H25N7O. The Morgan fingerprint density at radius 2 is 1.94 bits per heavy atom. The van der Waals surface area contributed by atoms with Crippen LogP contribution in [0.2, 0.25) is 0 Å². The maximum absolute atomic E-state index is 12.8. The van der Waals surface area contributed by atoms with E-state index in [0.29, 0.717) is 25.3 Å². The van der Waals surface area contributed by atoms with Crippen molar-refractivity contribution in [2.45, 2.75) is 19.5 Å². The van der Waals surface area contributed by atoms with E-state index in [4.69, 9.17) is 0 Å². The van der Waals surface area contributed by atoms with Crippen LogP contribution in [0, 0.1) is 6.92 Å². The number of nitrogens with one attached hydrogen (secondary N) is 2. The molecule has 1 unspecified atom stereocenters. The molecule has 0 aliphatic carbocycles. The fraction of sp³-hybridized carbons (Fsp3) is 0.250. The quantitative estimate of drug-likeness (QED) is 0.508. The molecule has 162 valence electrons. The first-order valence-corrected chi connectivity index (χ1v) is 10.7. The van der Waals surface area contributed by atoms with Gasteiger partial charge in [-0.15, -0.1) is 5.10 Å². The maximum Gasteiger partial charge on any atom is 0.239 e. The van der Waals surface area contributed by atoms with Gasteiger partial charge in [-0.1, -0.05) is 48.0 Å². The molecule has 0 saturated carbocycles. The Morgan fingerprint density at radius 3 is 2.75 bits per heavy atom. The number of hydrogen-bond donors (Lipinski definition) is 2. The number of nitrogens with zero attached hydrogens (tertiary/aromatic N) is 5. The Morgan fingerprint density at radius 1 is 1.12 bits per heavy atom. The first-order valence-electron chi connectivity index (χ1n) is 10.7. The third-order valence-corrected chi connectivity index (χ3v) is 5.70. The predicted octanol–water partition coefficient (Wildman–Crippen LogP) is 2.22. The zero-order chi connectivity index (χ0) is 21.9. The van der Waals surface area contributed by atoms with E-state index in [2.05, 4.69) is 49.7 Å². The number of amides is 1. The summed E-state index contributed by atoms with van der Waals surface area (Å²) >= 11 is 0. The third kappa shape index (κ3) is 4.17. The van der Waals surface area contributed by atoms with Gasteiger partial charge in [0, 0.05) is 32.4 Å². The molecule has 1 fully saturated rings. The van der Waals surface area contributed by atoms with E-state index in [-0.39, 0.29) is 11.9 Å². The SMILES string of the molecule is Cc1ccc(-n2cc3c(N4CCNC(C(=O)NCc5ccccc5)C4)ncnc3n2)cc1. The van der Waals surface area contributed by atoms with E-state index >= 15 is 0 Å². The standard InChI is InChI=1S/C24H25N7O/c1-17-7-9-19(10-8-17)31-14-20-22(29-31)27-16-28-23(20)30-12-11-25-21(15-30)24(32)26-13-18-5-3-2-4-6-18/h2-10,14,16,21,25H,11-13,15H2,1H3,(H,26,32). The highest BCUT2D eigenvalue weighted by Crippen LogP contribution is 2.24. The van der Waals surface area contributed by atoms with Crippen molar-refractivity contribution in [1.29, 1.82) is 0 Å². The number of fused-ring (bicyclic) bond motifs is 1. The first-order chi connectivity index (χ1) is 15.7. The van der Waals surface area contributed by atoms with Crippen LogP contribution in [0.15, 0.2) is 67.1 Å². The Hall–Kier alpha value is -3.78. The number of piperazine rings is 1. The highest BCUT2D eigenvalue weighted by molar-refractivity contribution is 5.88. The van der Waals surface area contributed by atoms with Crippen LogP contribution in [0.1, 0.15) is 11.1 Å². The molecule has 1 saturated heterocycles. The van der Waals surface area contributed by atoms with Crippen LogP contribution in [0.3, 0.4) is 0 Å². The second kappa shape index (κ2) is 8.76. The number of carbonyl (C=O) groups excluding carboxylic acids is 1. The summed E-state index contributed by atoms with van der Waals surface area (Å²) in [6, 6.07) is 17.8. The van der Waals surface area contributed by atoms with Crippen molar-refractivity contribution in [2.24, 2.45) is 0 Å². The second-order valence-electron chi connectivity index (χ2n) is 8.00. The number of rotatable bonds is 5. The van der Waals surface area contributed by atoms with Gasteiger partial charge in [0.15, 0.2) is 5.65 Å². The lowest BCUT2D eigenvalue weighted by molar-refractivity contribution is -0.123. The Balaban J connectivity index is 1.34. The Kier molecular flexibility index (Phi) is 5.51. The third-order valence-electron chi connectivity index (χ3n) is 5.70. The van der Waals surface area contributed by atoms with Crippen LogP contribution in [-0.2, 0) is 11.3 Å². The molecule has 2 aromatic carbocycles. The molecule has 8 nitrogen and oxygen atoms in total. The molecule has 0 spiro atoms. The molecule has 8 heteroatoms. The summed E-state index contributed by atoms with van der Waals surface area (Å²) in [4.78, 5) is 23.8. The fourth-order valence-corrected chi connectivity index (χ4v) is 3.93. The second-order valence-corrected chi connectivity index (χ2v) is 8.00. The Labute approximate surface area is 186 Å². The van der Waals surface area contributed by atoms with Crippen LogP contribution in [0.4, 0.5) is 5.82 Å². The number of anilines is 1. The summed E-state index contributed by atoms with van der Waals surface area (Å²) in [5.41, 5.74) is 3.88. The lowest BCUT2D eigenvalue weighted by atomic mass is 10.1. The van der Waals surface area contributed by atoms with Crippen LogP contribution in [-0.4, -0.2) is 51.3 Å². The van der Waals surface area contributed by atoms with Gasteiger partial charge in [0.25, 0.3) is 0 Å². The van der Waals surface area contributed by atoms with Gasteiger partial charge in [-0.2, -0.15) is 0 Å². The van der Waals surface area contributed by atoms with Gasteiger partial charge in [0.1, 0.15) is 18.2 Å². The summed E-state index contributed by atoms with van der Waals surface area (Å²) in [7, 11) is 0. The minimum Gasteiger partial charge on any atom is -0.353 e. The zero-order valence-electron chi connectivity index (χ0n) is 17.9. The predicted molar refractivity (Wildman–Crippen MR) is 124 cm³/mol. The van der Waals surface area contributed by atoms with Crippen LogP contribution < -0.4 is 15.5 Å². The fourth-order valence-electron chi connectivity index (χ4n) is 3.93. The van der Waals surface area contributed by atoms with E-state index in [1.165, 1.54) is 11.9 Å². The Bertz CT molecular complexity index is 1220. The normalized spacial score (nSPS) is 16.3. The van der Waals surface area contributed by atoms with E-state index in [9.17, 15) is 4.79 Å². The average Bonchev–Trinajstić information content (AvgIpc) is 3.28. The van der Waals surface area contributed by atoms with Crippen LogP contribution >= 0.6 is 0 Å². The minimum atomic E-state index is -0.315. The van der Waals surface area contributed by atoms with E-state index < -0.39 is 0 Å². The largest absolute Gasteiger partial charge is 0.353 e. The average molecular weight is 428 g/mol. The molecular weight excluding hydrogens is 402 g/mol. The molecule has 0 bridgehead atoms. The van der Waals surface area contributed by atoms with Crippen LogP contribution in [0.25, 0.3) is 16.7 Å². The molecule has 0 radical (unpaired) electrons. The van der Waals surface area contributed by atoms with Crippen molar-refractivity contribution in [3.05, 3.63) is 78.2 Å². The molecule has 2 aromatic heterocycles. The highest BCUT2D eigenvalue weighted by atomic mass is 16.2. The van der Waals surface area contributed by atoms with E-state index in [1.807, 2.05) is 53.3 Å². The summed E-state index contributed by atoms with van der Waals surface area (Å²) in [6.45, 7) is 4.55. The van der Waals surface area contributed by atoms with Crippen molar-refractivity contribution in [1.82, 2.24) is 30.4 Å². The highest BCUT2D eigenvalue weighted by Gasteiger charge is 2.27. The summed E-state index contributed by atoms with van der Waals surface area (Å²) in [5, 5.41) is 11.9. The lowest BCUT2D eigenvalue weighted by Crippen LogP contribution is -2.57. The summed E-state index contributed by atoms with van der Waals surface area (Å²) in [6.07, 6.45) is 3.50. The monoisotopic (exact) mass is 427 g/mol. The minimum absolute atomic E-state index is 0.0146. The molecule has 1 atom stereocenters. The van der Waals surface area contributed by atoms with Crippen molar-refractivity contribution >= 4 is 22.8 Å². The smallest absolute Gasteiger partial charge is 0.239 e. The lowest BCUT2D eigenvalue weighted by Gasteiger charge is -2.33. The first kappa shape index (κ1) is 20.1. The molecule has 32 heavy (non-hydrogen) atoms. The van der Waals surface area contributed by atoms with Gasteiger partial charge in [-0.05, 0) is 24.6 Å². The van der Waals surface area contributed by atoms with Crippen molar-refractivity contribution in [3.63, 3.8) is 0 Å². The van der Waals surface area contributed by atoms with Gasteiger partial charge >= 0.3 is 0 Å². The molecule has 1 aliphatic rings. The van der Waals surface area contributed by atoms with Crippen LogP contribution in [0.5, 0.6) is 0 Å². The maximum atomic E-state index is 12.8. The number of benzene rings is 2. The molecule has 4 aromatic rings. The summed E-state index contributed by atoms with van der Waals surface area (Å²) < 4.78 is 1.83. The van der Waals surface area contributed by atoms with Crippen molar-refractivity contribution < 1.29 is 4.79 Å². The van der Waals surface area contributed by atoms with Gasteiger partial charge in [-0.25, -0.2) is 14.6 Å². The molecule has 5 rings (SSSR count). The molecule has 1 aliphatic heterocycles. The summed E-state index contributed by atoms with van der Waals surface area (Å²) in [5.74, 6) is 0.787. The number of carbonyl (C=O) groups is 1. The van der Waals surface area contributed by atoms with E-state index in [0.717, 1.165) is 29.0 Å². The molecule has 2 N–H and O–H groups in total.